The molecule has 1 fully saturated rings. The number of rotatable bonds is 7. The molecule has 0 saturated carbocycles. The van der Waals surface area contributed by atoms with Gasteiger partial charge in [-0.05, 0) is 48.4 Å². The maximum Gasteiger partial charge on any atom is 0.243 e. The smallest absolute Gasteiger partial charge is 0.243 e. The number of nitrogens with one attached hydrogen (secondary N) is 1. The second-order valence-corrected chi connectivity index (χ2v) is 8.96. The highest BCUT2D eigenvalue weighted by Gasteiger charge is 2.30. The minimum atomic E-state index is -1.09. The van der Waals surface area contributed by atoms with Gasteiger partial charge in [0.15, 0.2) is 11.7 Å². The van der Waals surface area contributed by atoms with Crippen LogP contribution in [-0.4, -0.2) is 48.6 Å². The van der Waals surface area contributed by atoms with E-state index in [2.05, 4.69) is 21.2 Å². The lowest BCUT2D eigenvalue weighted by atomic mass is 10.0. The number of fused-ring (bicyclic) bond motifs is 1. The van der Waals surface area contributed by atoms with Crippen LogP contribution in [0, 0.1) is 17.1 Å². The van der Waals surface area contributed by atoms with Crippen LogP contribution in [0.25, 0.3) is 11.0 Å². The van der Waals surface area contributed by atoms with Gasteiger partial charge in [0.25, 0.3) is 0 Å². The van der Waals surface area contributed by atoms with Crippen molar-refractivity contribution in [3.8, 4) is 6.07 Å². The molecule has 1 aliphatic heterocycles. The van der Waals surface area contributed by atoms with Gasteiger partial charge in [-0.25, -0.2) is 14.4 Å². The Balaban J connectivity index is 1.37. The van der Waals surface area contributed by atoms with E-state index in [1.54, 1.807) is 12.1 Å². The second kappa shape index (κ2) is 11.0. The second-order valence-electron chi connectivity index (χ2n) is 8.96. The summed E-state index contributed by atoms with van der Waals surface area (Å²) >= 11 is 0. The number of anilines is 2. The first kappa shape index (κ1) is 24.2. The van der Waals surface area contributed by atoms with Gasteiger partial charge < -0.3 is 15.1 Å². The van der Waals surface area contributed by atoms with E-state index in [1.165, 1.54) is 12.1 Å². The summed E-state index contributed by atoms with van der Waals surface area (Å²) in [5.74, 6) is -1.17. The zero-order chi connectivity index (χ0) is 25.6. The first-order valence-electron chi connectivity index (χ1n) is 12.4. The van der Waals surface area contributed by atoms with Crippen molar-refractivity contribution in [3.05, 3.63) is 95.9 Å². The van der Waals surface area contributed by atoms with Crippen LogP contribution in [0.4, 0.5) is 15.9 Å². The van der Waals surface area contributed by atoms with Crippen molar-refractivity contribution >= 4 is 28.4 Å². The SMILES string of the molecule is N#CC(C(=O)NCCc1ccccc1)c1nc2ccccc2nc1N1CCN(c2ccc(F)cc2)CC1. The van der Waals surface area contributed by atoms with Crippen LogP contribution >= 0.6 is 0 Å². The largest absolute Gasteiger partial charge is 0.368 e. The van der Waals surface area contributed by atoms with Crippen molar-refractivity contribution in [1.82, 2.24) is 15.3 Å². The molecule has 7 nitrogen and oxygen atoms in total. The van der Waals surface area contributed by atoms with Crippen molar-refractivity contribution in [3.63, 3.8) is 0 Å². The Morgan fingerprint density at radius 3 is 2.19 bits per heavy atom. The molecule has 8 heteroatoms. The highest BCUT2D eigenvalue weighted by Crippen LogP contribution is 2.29. The maximum atomic E-state index is 13.3. The first-order valence-corrected chi connectivity index (χ1v) is 12.4. The van der Waals surface area contributed by atoms with E-state index in [-0.39, 0.29) is 11.7 Å². The van der Waals surface area contributed by atoms with Crippen LogP contribution in [0.2, 0.25) is 0 Å². The average Bonchev–Trinajstić information content (AvgIpc) is 2.94. The number of hydrogen-bond acceptors (Lipinski definition) is 6. The van der Waals surface area contributed by atoms with E-state index < -0.39 is 5.92 Å². The predicted octanol–water partition coefficient (Wildman–Crippen LogP) is 4.06. The van der Waals surface area contributed by atoms with Gasteiger partial charge in [-0.2, -0.15) is 5.26 Å². The number of nitriles is 1. The predicted molar refractivity (Wildman–Crippen MR) is 142 cm³/mol. The number of aromatic nitrogens is 2. The van der Waals surface area contributed by atoms with Gasteiger partial charge in [0.1, 0.15) is 11.5 Å². The molecule has 1 aromatic heterocycles. The number of carbonyl (C=O) groups is 1. The van der Waals surface area contributed by atoms with Gasteiger partial charge in [0, 0.05) is 38.4 Å². The summed E-state index contributed by atoms with van der Waals surface area (Å²) < 4.78 is 13.3. The van der Waals surface area contributed by atoms with Crippen LogP contribution in [0.1, 0.15) is 17.2 Å². The molecule has 1 amide bonds. The standard InChI is InChI=1S/C29H27FN6O/c30-22-10-12-23(13-11-22)35-16-18-36(19-17-35)28-27(33-25-8-4-5-9-26(25)34-28)24(20-31)29(37)32-15-14-21-6-2-1-3-7-21/h1-13,24H,14-19H2,(H,32,37). The molecule has 4 aromatic rings. The Hall–Kier alpha value is -4.51. The molecule has 0 radical (unpaired) electrons. The number of hydrogen-bond donors (Lipinski definition) is 1. The van der Waals surface area contributed by atoms with E-state index in [9.17, 15) is 14.4 Å². The Morgan fingerprint density at radius 1 is 0.892 bits per heavy atom. The van der Waals surface area contributed by atoms with E-state index in [0.717, 1.165) is 11.3 Å². The number of nitrogens with zero attached hydrogens (tertiary/aromatic N) is 5. The van der Waals surface area contributed by atoms with Crippen LogP contribution in [0.3, 0.4) is 0 Å². The lowest BCUT2D eigenvalue weighted by Gasteiger charge is -2.37. The highest BCUT2D eigenvalue weighted by molar-refractivity contribution is 5.89. The van der Waals surface area contributed by atoms with Crippen LogP contribution in [0.5, 0.6) is 0 Å². The van der Waals surface area contributed by atoms with Crippen LogP contribution in [0.15, 0.2) is 78.9 Å². The Kier molecular flexibility index (Phi) is 7.22. The average molecular weight is 495 g/mol. The molecule has 186 valence electrons. The zero-order valence-electron chi connectivity index (χ0n) is 20.3. The third-order valence-corrected chi connectivity index (χ3v) is 6.57. The summed E-state index contributed by atoms with van der Waals surface area (Å²) in [5.41, 5.74) is 3.79. The highest BCUT2D eigenvalue weighted by atomic mass is 19.1. The third kappa shape index (κ3) is 5.51. The Morgan fingerprint density at radius 2 is 1.51 bits per heavy atom. The number of benzene rings is 3. The number of para-hydroxylation sites is 2. The fraction of sp³-hybridized carbons (Fsp3) is 0.241. The summed E-state index contributed by atoms with van der Waals surface area (Å²) in [7, 11) is 0. The summed E-state index contributed by atoms with van der Waals surface area (Å²) in [6.45, 7) is 3.07. The lowest BCUT2D eigenvalue weighted by Crippen LogP contribution is -2.47. The molecular formula is C29H27FN6O. The van der Waals surface area contributed by atoms with E-state index in [1.807, 2.05) is 54.6 Å². The summed E-state index contributed by atoms with van der Waals surface area (Å²) in [5, 5.41) is 12.9. The van der Waals surface area contributed by atoms with Gasteiger partial charge in [-0.1, -0.05) is 42.5 Å². The molecule has 1 unspecified atom stereocenters. The molecule has 1 atom stereocenters. The minimum absolute atomic E-state index is 0.261. The third-order valence-electron chi connectivity index (χ3n) is 6.57. The number of halogens is 1. The van der Waals surface area contributed by atoms with Crippen molar-refractivity contribution in [1.29, 1.82) is 5.26 Å². The monoisotopic (exact) mass is 494 g/mol. The van der Waals surface area contributed by atoms with E-state index in [4.69, 9.17) is 9.97 Å². The van der Waals surface area contributed by atoms with Gasteiger partial charge in [0.2, 0.25) is 5.91 Å². The quantitative estimate of drug-likeness (QED) is 0.417. The Bertz CT molecular complexity index is 1410. The molecule has 1 aliphatic rings. The van der Waals surface area contributed by atoms with Crippen LogP contribution in [-0.2, 0) is 11.2 Å². The van der Waals surface area contributed by atoms with Gasteiger partial charge in [-0.3, -0.25) is 4.79 Å². The molecule has 2 heterocycles. The van der Waals surface area contributed by atoms with Crippen LogP contribution < -0.4 is 15.1 Å². The molecule has 37 heavy (non-hydrogen) atoms. The van der Waals surface area contributed by atoms with Gasteiger partial charge in [-0.15, -0.1) is 0 Å². The zero-order valence-corrected chi connectivity index (χ0v) is 20.3. The molecule has 3 aromatic carbocycles. The van der Waals surface area contributed by atoms with Gasteiger partial charge in [0.05, 0.1) is 17.1 Å². The summed E-state index contributed by atoms with van der Waals surface area (Å²) in [6, 6.07) is 26.0. The molecule has 1 saturated heterocycles. The normalized spacial score (nSPS) is 14.3. The molecule has 1 N–H and O–H groups in total. The molecule has 0 bridgehead atoms. The first-order chi connectivity index (χ1) is 18.1. The minimum Gasteiger partial charge on any atom is -0.368 e. The topological polar surface area (TPSA) is 85.1 Å². The van der Waals surface area contributed by atoms with E-state index >= 15 is 0 Å². The van der Waals surface area contributed by atoms with Crippen molar-refractivity contribution in [2.45, 2.75) is 12.3 Å². The van der Waals surface area contributed by atoms with E-state index in [0.29, 0.717) is 61.7 Å². The van der Waals surface area contributed by atoms with Crippen molar-refractivity contribution in [2.75, 3.05) is 42.5 Å². The number of piperazine rings is 1. The fourth-order valence-corrected chi connectivity index (χ4v) is 4.58. The molecule has 5 rings (SSSR count). The van der Waals surface area contributed by atoms with Crippen molar-refractivity contribution in [2.24, 2.45) is 0 Å². The van der Waals surface area contributed by atoms with Gasteiger partial charge >= 0.3 is 0 Å². The van der Waals surface area contributed by atoms with Crippen molar-refractivity contribution < 1.29 is 9.18 Å². The molecule has 0 spiro atoms. The summed E-state index contributed by atoms with van der Waals surface area (Å²) in [6.07, 6.45) is 0.673. The number of carbonyl (C=O) groups excluding carboxylic acids is 1. The molecule has 0 aliphatic carbocycles. The molecular weight excluding hydrogens is 467 g/mol. The number of amides is 1. The lowest BCUT2D eigenvalue weighted by molar-refractivity contribution is -0.121. The summed E-state index contributed by atoms with van der Waals surface area (Å²) in [4.78, 5) is 27.0. The maximum absolute atomic E-state index is 13.3. The Labute approximate surface area is 215 Å². The fourth-order valence-electron chi connectivity index (χ4n) is 4.58.